The summed E-state index contributed by atoms with van der Waals surface area (Å²) in [5, 5.41) is 20.7. The monoisotopic (exact) mass is 243 g/mol. The van der Waals surface area contributed by atoms with E-state index in [4.69, 9.17) is 4.74 Å². The molecule has 0 aromatic heterocycles. The Labute approximate surface area is 107 Å². The van der Waals surface area contributed by atoms with Gasteiger partial charge in [-0.2, -0.15) is 5.26 Å². The highest BCUT2D eigenvalue weighted by molar-refractivity contribution is 5.48. The zero-order valence-corrected chi connectivity index (χ0v) is 10.4. The van der Waals surface area contributed by atoms with Crippen molar-refractivity contribution >= 4 is 0 Å². The van der Waals surface area contributed by atoms with Crippen LogP contribution in [0.25, 0.3) is 0 Å². The molecule has 1 aromatic carbocycles. The number of hydrogen-bond acceptors (Lipinski definition) is 3. The van der Waals surface area contributed by atoms with Crippen LogP contribution in [0.5, 0.6) is 5.75 Å². The normalized spacial score (nSPS) is 29.1. The van der Waals surface area contributed by atoms with Gasteiger partial charge in [0.05, 0.1) is 18.3 Å². The maximum atomic E-state index is 10.9. The summed E-state index contributed by atoms with van der Waals surface area (Å²) in [6, 6.07) is 10.1. The number of nitriles is 1. The molecule has 1 saturated carbocycles. The molecule has 3 nitrogen and oxygen atoms in total. The van der Waals surface area contributed by atoms with Crippen LogP contribution in [0.4, 0.5) is 0 Å². The Morgan fingerprint density at radius 1 is 1.17 bits per heavy atom. The zero-order chi connectivity index (χ0) is 12.6. The Balaban J connectivity index is 2.16. The van der Waals surface area contributed by atoms with E-state index in [1.807, 2.05) is 24.3 Å². The molecular weight excluding hydrogens is 226 g/mol. The van der Waals surface area contributed by atoms with Crippen molar-refractivity contribution in [1.82, 2.24) is 0 Å². The maximum Gasteiger partial charge on any atom is 0.124 e. The van der Waals surface area contributed by atoms with Gasteiger partial charge >= 0.3 is 0 Å². The molecule has 1 aromatic rings. The van der Waals surface area contributed by atoms with Gasteiger partial charge in [0.2, 0.25) is 0 Å². The van der Waals surface area contributed by atoms with Gasteiger partial charge in [-0.25, -0.2) is 0 Å². The molecule has 18 heavy (non-hydrogen) atoms. The molecule has 3 heteroatoms. The fourth-order valence-corrected chi connectivity index (χ4v) is 3.48. The number of para-hydroxylation sites is 1. The van der Waals surface area contributed by atoms with Crippen LogP contribution in [-0.4, -0.2) is 17.3 Å². The number of aliphatic hydroxyl groups is 1. The molecule has 1 aliphatic heterocycles. The summed E-state index contributed by atoms with van der Waals surface area (Å²) in [4.78, 5) is 0. The van der Waals surface area contributed by atoms with Gasteiger partial charge in [0, 0.05) is 12.0 Å². The van der Waals surface area contributed by atoms with E-state index in [-0.39, 0.29) is 0 Å². The second kappa shape index (κ2) is 4.00. The first-order chi connectivity index (χ1) is 8.72. The van der Waals surface area contributed by atoms with Gasteiger partial charge in [-0.3, -0.25) is 0 Å². The number of rotatable bonds is 1. The Kier molecular flexibility index (Phi) is 2.57. The van der Waals surface area contributed by atoms with E-state index in [9.17, 15) is 10.4 Å². The minimum Gasteiger partial charge on any atom is -0.493 e. The molecule has 0 saturated heterocycles. The summed E-state index contributed by atoms with van der Waals surface area (Å²) in [5.41, 5.74) is -0.817. The van der Waals surface area contributed by atoms with Crippen molar-refractivity contribution in [2.45, 2.75) is 43.1 Å². The van der Waals surface area contributed by atoms with Crippen LogP contribution in [0.15, 0.2) is 24.3 Å². The van der Waals surface area contributed by atoms with Crippen molar-refractivity contribution < 1.29 is 9.84 Å². The highest BCUT2D eigenvalue weighted by Crippen LogP contribution is 2.51. The second-order valence-corrected chi connectivity index (χ2v) is 5.35. The molecule has 1 unspecified atom stereocenters. The number of ether oxygens (including phenoxy) is 1. The number of benzene rings is 1. The van der Waals surface area contributed by atoms with Gasteiger partial charge in [-0.15, -0.1) is 0 Å². The van der Waals surface area contributed by atoms with E-state index in [0.29, 0.717) is 13.0 Å². The van der Waals surface area contributed by atoms with Crippen molar-refractivity contribution in [1.29, 1.82) is 5.26 Å². The summed E-state index contributed by atoms with van der Waals surface area (Å²) in [6.07, 6.45) is 4.02. The van der Waals surface area contributed by atoms with Crippen molar-refractivity contribution in [3.8, 4) is 11.8 Å². The molecule has 1 fully saturated rings. The van der Waals surface area contributed by atoms with E-state index in [0.717, 1.165) is 37.0 Å². The van der Waals surface area contributed by atoms with E-state index in [1.165, 1.54) is 0 Å². The first-order valence-corrected chi connectivity index (χ1v) is 6.58. The molecule has 2 aliphatic rings. The number of hydrogen-bond donors (Lipinski definition) is 1. The van der Waals surface area contributed by atoms with Crippen LogP contribution < -0.4 is 4.74 Å². The lowest BCUT2D eigenvalue weighted by molar-refractivity contribution is -0.0259. The minimum absolute atomic E-state index is 0.507. The third kappa shape index (κ3) is 1.39. The molecule has 94 valence electrons. The van der Waals surface area contributed by atoms with Crippen molar-refractivity contribution in [2.24, 2.45) is 0 Å². The van der Waals surface area contributed by atoms with Crippen LogP contribution in [0.2, 0.25) is 0 Å². The van der Waals surface area contributed by atoms with Crippen LogP contribution in [0, 0.1) is 11.3 Å². The van der Waals surface area contributed by atoms with Gasteiger partial charge < -0.3 is 9.84 Å². The fourth-order valence-electron chi connectivity index (χ4n) is 3.48. The average molecular weight is 243 g/mol. The molecular formula is C15H17NO2. The summed E-state index contributed by atoms with van der Waals surface area (Å²) < 4.78 is 5.62. The standard InChI is InChI=1S/C15H17NO2/c16-11-14(15(17)7-3-4-8-15)9-10-18-13-6-2-1-5-12(13)14/h1-2,5-6,17H,3-4,7-10H2. The van der Waals surface area contributed by atoms with Crippen molar-refractivity contribution in [3.63, 3.8) is 0 Å². The van der Waals surface area contributed by atoms with Crippen molar-refractivity contribution in [2.75, 3.05) is 6.61 Å². The lowest BCUT2D eigenvalue weighted by Crippen LogP contribution is -2.51. The molecule has 3 rings (SSSR count). The Morgan fingerprint density at radius 3 is 2.61 bits per heavy atom. The molecule has 0 bridgehead atoms. The molecule has 0 amide bonds. The lowest BCUT2D eigenvalue weighted by atomic mass is 9.64. The van der Waals surface area contributed by atoms with Crippen LogP contribution >= 0.6 is 0 Å². The molecule has 0 spiro atoms. The Morgan fingerprint density at radius 2 is 1.89 bits per heavy atom. The van der Waals surface area contributed by atoms with Gasteiger partial charge in [0.1, 0.15) is 11.2 Å². The zero-order valence-electron chi connectivity index (χ0n) is 10.4. The molecule has 1 N–H and O–H groups in total. The molecule has 0 radical (unpaired) electrons. The first kappa shape index (κ1) is 11.6. The summed E-state index contributed by atoms with van der Waals surface area (Å²) in [6.45, 7) is 0.507. The van der Waals surface area contributed by atoms with E-state index in [2.05, 4.69) is 6.07 Å². The fraction of sp³-hybridized carbons (Fsp3) is 0.533. The Bertz CT molecular complexity index is 499. The summed E-state index contributed by atoms with van der Waals surface area (Å²) in [5.74, 6) is 0.755. The van der Waals surface area contributed by atoms with E-state index >= 15 is 0 Å². The number of nitrogens with zero attached hydrogens (tertiary/aromatic N) is 1. The van der Waals surface area contributed by atoms with E-state index < -0.39 is 11.0 Å². The minimum atomic E-state index is -0.887. The van der Waals surface area contributed by atoms with Crippen LogP contribution in [-0.2, 0) is 5.41 Å². The predicted octanol–water partition coefficient (Wildman–Crippen LogP) is 2.54. The predicted molar refractivity (Wildman–Crippen MR) is 67.3 cm³/mol. The van der Waals surface area contributed by atoms with Crippen LogP contribution in [0.3, 0.4) is 0 Å². The topological polar surface area (TPSA) is 53.2 Å². The second-order valence-electron chi connectivity index (χ2n) is 5.35. The first-order valence-electron chi connectivity index (χ1n) is 6.58. The van der Waals surface area contributed by atoms with Gasteiger partial charge in [0.15, 0.2) is 0 Å². The Hall–Kier alpha value is -1.53. The molecule has 1 aliphatic carbocycles. The highest BCUT2D eigenvalue weighted by atomic mass is 16.5. The summed E-state index contributed by atoms with van der Waals surface area (Å²) >= 11 is 0. The highest BCUT2D eigenvalue weighted by Gasteiger charge is 2.55. The average Bonchev–Trinajstić information content (AvgIpc) is 2.86. The molecule has 1 heterocycles. The van der Waals surface area contributed by atoms with Crippen LogP contribution in [0.1, 0.15) is 37.7 Å². The third-order valence-electron chi connectivity index (χ3n) is 4.50. The smallest absolute Gasteiger partial charge is 0.124 e. The van der Waals surface area contributed by atoms with Crippen molar-refractivity contribution in [3.05, 3.63) is 29.8 Å². The number of fused-ring (bicyclic) bond motifs is 1. The largest absolute Gasteiger partial charge is 0.493 e. The maximum absolute atomic E-state index is 10.9. The van der Waals surface area contributed by atoms with Gasteiger partial charge in [0.25, 0.3) is 0 Å². The van der Waals surface area contributed by atoms with Gasteiger partial charge in [-0.1, -0.05) is 31.0 Å². The lowest BCUT2D eigenvalue weighted by Gasteiger charge is -2.43. The third-order valence-corrected chi connectivity index (χ3v) is 4.50. The van der Waals surface area contributed by atoms with Gasteiger partial charge in [-0.05, 0) is 18.9 Å². The van der Waals surface area contributed by atoms with E-state index in [1.54, 1.807) is 0 Å². The molecule has 1 atom stereocenters. The summed E-state index contributed by atoms with van der Waals surface area (Å²) in [7, 11) is 0. The quantitative estimate of drug-likeness (QED) is 0.824. The SMILES string of the molecule is N#CC1(C2(O)CCCC2)CCOc2ccccc21.